The molecule has 1 fully saturated rings. The third-order valence-electron chi connectivity index (χ3n) is 4.89. The molecule has 0 saturated carbocycles. The summed E-state index contributed by atoms with van der Waals surface area (Å²) in [5.41, 5.74) is 1.97. The average Bonchev–Trinajstić information content (AvgIpc) is 3.33. The number of halogens is 2. The van der Waals surface area contributed by atoms with Crippen LogP contribution in [0.5, 0.6) is 0 Å². The highest BCUT2D eigenvalue weighted by molar-refractivity contribution is 6.32. The Kier molecular flexibility index (Phi) is 3.95. The lowest BCUT2D eigenvalue weighted by atomic mass is 10.1. The maximum atomic E-state index is 14.0. The smallest absolute Gasteiger partial charge is 0.181 e. The minimum atomic E-state index is -0.363. The van der Waals surface area contributed by atoms with Crippen molar-refractivity contribution in [1.82, 2.24) is 29.9 Å². The van der Waals surface area contributed by atoms with Gasteiger partial charge in [0, 0.05) is 30.4 Å². The molecule has 7 nitrogen and oxygen atoms in total. The van der Waals surface area contributed by atoms with E-state index in [0.29, 0.717) is 38.9 Å². The van der Waals surface area contributed by atoms with E-state index >= 15 is 0 Å². The molecule has 0 spiro atoms. The molecule has 1 aliphatic heterocycles. The molecular weight excluding hydrogens is 369 g/mol. The Morgan fingerprint density at radius 2 is 2.22 bits per heavy atom. The molecule has 9 heteroatoms. The van der Waals surface area contributed by atoms with Crippen LogP contribution in [0.2, 0.25) is 5.15 Å². The molecule has 27 heavy (non-hydrogen) atoms. The molecule has 5 rings (SSSR count). The predicted molar refractivity (Wildman–Crippen MR) is 103 cm³/mol. The van der Waals surface area contributed by atoms with Crippen molar-refractivity contribution >= 4 is 34.0 Å². The molecule has 4 aromatic rings. The van der Waals surface area contributed by atoms with Crippen molar-refractivity contribution in [3.05, 3.63) is 41.6 Å². The van der Waals surface area contributed by atoms with Crippen molar-refractivity contribution in [2.75, 3.05) is 18.4 Å². The minimum absolute atomic E-state index is 0.258. The summed E-state index contributed by atoms with van der Waals surface area (Å²) in [6.07, 6.45) is 5.62. The highest BCUT2D eigenvalue weighted by atomic mass is 35.5. The molecule has 4 heterocycles. The van der Waals surface area contributed by atoms with Gasteiger partial charge in [-0.1, -0.05) is 23.7 Å². The number of para-hydroxylation sites is 1. The van der Waals surface area contributed by atoms with Crippen LogP contribution in [-0.2, 0) is 0 Å². The zero-order valence-electron chi connectivity index (χ0n) is 14.3. The van der Waals surface area contributed by atoms with Crippen molar-refractivity contribution in [2.45, 2.75) is 18.9 Å². The van der Waals surface area contributed by atoms with E-state index < -0.39 is 0 Å². The van der Waals surface area contributed by atoms with E-state index in [1.54, 1.807) is 28.9 Å². The number of nitrogens with one attached hydrogen (secondary N) is 3. The zero-order valence-corrected chi connectivity index (χ0v) is 15.1. The van der Waals surface area contributed by atoms with Gasteiger partial charge >= 0.3 is 0 Å². The molecule has 138 valence electrons. The Labute approximate surface area is 159 Å². The number of hydrogen-bond acceptors (Lipinski definition) is 5. The van der Waals surface area contributed by atoms with Gasteiger partial charge in [0.1, 0.15) is 27.9 Å². The Morgan fingerprint density at radius 1 is 1.30 bits per heavy atom. The van der Waals surface area contributed by atoms with Gasteiger partial charge in [-0.2, -0.15) is 5.10 Å². The van der Waals surface area contributed by atoms with Crippen LogP contribution in [0.3, 0.4) is 0 Å². The molecule has 1 unspecified atom stereocenters. The highest BCUT2D eigenvalue weighted by Crippen LogP contribution is 2.33. The molecular formula is C18H17ClFN7. The van der Waals surface area contributed by atoms with Gasteiger partial charge in [-0.25, -0.2) is 14.4 Å². The predicted octanol–water partition coefficient (Wildman–Crippen LogP) is 3.23. The number of aromatic amines is 1. The third kappa shape index (κ3) is 2.72. The largest absolute Gasteiger partial charge is 0.363 e. The molecule has 3 aromatic heterocycles. The van der Waals surface area contributed by atoms with Crippen molar-refractivity contribution in [2.24, 2.45) is 0 Å². The normalized spacial score (nSPS) is 17.6. The Bertz CT molecular complexity index is 1130. The van der Waals surface area contributed by atoms with Crippen molar-refractivity contribution in [1.29, 1.82) is 0 Å². The summed E-state index contributed by atoms with van der Waals surface area (Å²) < 4.78 is 15.8. The first-order chi connectivity index (χ1) is 13.2. The molecule has 1 atom stereocenters. The van der Waals surface area contributed by atoms with E-state index in [4.69, 9.17) is 16.6 Å². The molecule has 0 bridgehead atoms. The van der Waals surface area contributed by atoms with Crippen molar-refractivity contribution in [3.63, 3.8) is 0 Å². The average molecular weight is 386 g/mol. The molecule has 0 aliphatic carbocycles. The third-order valence-corrected chi connectivity index (χ3v) is 5.25. The van der Waals surface area contributed by atoms with Gasteiger partial charge in [-0.3, -0.25) is 9.50 Å². The second-order valence-corrected chi connectivity index (χ2v) is 7.00. The topological polar surface area (TPSA) is 82.9 Å². The van der Waals surface area contributed by atoms with E-state index in [9.17, 15) is 4.39 Å². The van der Waals surface area contributed by atoms with Gasteiger partial charge < -0.3 is 10.6 Å². The maximum absolute atomic E-state index is 14.0. The van der Waals surface area contributed by atoms with E-state index in [2.05, 4.69) is 25.8 Å². The van der Waals surface area contributed by atoms with Gasteiger partial charge in [0.25, 0.3) is 0 Å². The SMILES string of the molecule is Fc1cccc2c(-c3nc(NC4CCCNC4)c4nccn4c3Cl)n[nH]c12. The molecule has 1 aliphatic rings. The number of fused-ring (bicyclic) bond motifs is 2. The lowest BCUT2D eigenvalue weighted by Gasteiger charge is -2.24. The van der Waals surface area contributed by atoms with Crippen molar-refractivity contribution < 1.29 is 4.39 Å². The summed E-state index contributed by atoms with van der Waals surface area (Å²) in [5, 5.41) is 14.9. The molecule has 3 N–H and O–H groups in total. The fourth-order valence-electron chi connectivity index (χ4n) is 3.56. The number of imidazole rings is 1. The minimum Gasteiger partial charge on any atom is -0.363 e. The zero-order chi connectivity index (χ0) is 18.4. The lowest BCUT2D eigenvalue weighted by Crippen LogP contribution is -2.38. The first kappa shape index (κ1) is 16.5. The number of aromatic nitrogens is 5. The van der Waals surface area contributed by atoms with Gasteiger partial charge in [-0.05, 0) is 25.5 Å². The number of piperidine rings is 1. The number of anilines is 1. The van der Waals surface area contributed by atoms with E-state index in [-0.39, 0.29) is 11.9 Å². The van der Waals surface area contributed by atoms with Crippen LogP contribution in [-0.4, -0.2) is 43.7 Å². The first-order valence-corrected chi connectivity index (χ1v) is 9.23. The van der Waals surface area contributed by atoms with Crippen molar-refractivity contribution in [3.8, 4) is 11.4 Å². The fraction of sp³-hybridized carbons (Fsp3) is 0.278. The summed E-state index contributed by atoms with van der Waals surface area (Å²) in [4.78, 5) is 9.12. The van der Waals surface area contributed by atoms with Crippen LogP contribution in [0.25, 0.3) is 27.9 Å². The van der Waals surface area contributed by atoms with Gasteiger partial charge in [-0.15, -0.1) is 0 Å². The number of rotatable bonds is 3. The molecule has 0 radical (unpaired) electrons. The maximum Gasteiger partial charge on any atom is 0.181 e. The lowest BCUT2D eigenvalue weighted by molar-refractivity contribution is 0.479. The summed E-state index contributed by atoms with van der Waals surface area (Å²) >= 11 is 6.60. The van der Waals surface area contributed by atoms with Crippen LogP contribution < -0.4 is 10.6 Å². The van der Waals surface area contributed by atoms with Crippen LogP contribution in [0.15, 0.2) is 30.6 Å². The quantitative estimate of drug-likeness (QED) is 0.504. The number of benzene rings is 1. The van der Waals surface area contributed by atoms with Crippen LogP contribution >= 0.6 is 11.6 Å². The highest BCUT2D eigenvalue weighted by Gasteiger charge is 2.22. The Balaban J connectivity index is 1.67. The van der Waals surface area contributed by atoms with Crippen LogP contribution in [0, 0.1) is 5.82 Å². The van der Waals surface area contributed by atoms with Gasteiger partial charge in [0.2, 0.25) is 0 Å². The fourth-order valence-corrected chi connectivity index (χ4v) is 3.83. The number of H-pyrrole nitrogens is 1. The van der Waals surface area contributed by atoms with E-state index in [1.165, 1.54) is 6.07 Å². The number of hydrogen-bond donors (Lipinski definition) is 3. The van der Waals surface area contributed by atoms with Gasteiger partial charge in [0.15, 0.2) is 11.5 Å². The Hall–Kier alpha value is -2.71. The summed E-state index contributed by atoms with van der Waals surface area (Å²) in [6, 6.07) is 5.09. The number of nitrogens with zero attached hydrogens (tertiary/aromatic N) is 4. The van der Waals surface area contributed by atoms with Crippen LogP contribution in [0.1, 0.15) is 12.8 Å². The standard InChI is InChI=1S/C18H17ClFN7/c19-16-15(14-11-4-1-5-12(20)13(11)25-26-14)24-17(18-22-7-8-27(16)18)23-10-3-2-6-21-9-10/h1,4-5,7-8,10,21H,2-3,6,9H2,(H,23,24)(H,25,26). The van der Waals surface area contributed by atoms with E-state index in [1.807, 2.05) is 0 Å². The molecule has 1 aromatic carbocycles. The summed E-state index contributed by atoms with van der Waals surface area (Å²) in [7, 11) is 0. The summed E-state index contributed by atoms with van der Waals surface area (Å²) in [6.45, 7) is 1.89. The second-order valence-electron chi connectivity index (χ2n) is 6.64. The second kappa shape index (κ2) is 6.47. The van der Waals surface area contributed by atoms with Crippen LogP contribution in [0.4, 0.5) is 10.2 Å². The van der Waals surface area contributed by atoms with E-state index in [0.717, 1.165) is 25.9 Å². The molecule has 1 saturated heterocycles. The summed E-state index contributed by atoms with van der Waals surface area (Å²) in [5.74, 6) is 0.276. The van der Waals surface area contributed by atoms with Gasteiger partial charge in [0.05, 0.1) is 0 Å². The first-order valence-electron chi connectivity index (χ1n) is 8.85. The Morgan fingerprint density at radius 3 is 3.07 bits per heavy atom. The monoisotopic (exact) mass is 385 g/mol. The molecule has 0 amide bonds.